The molecule has 0 saturated heterocycles. The number of pyridine rings is 1. The maximum absolute atomic E-state index is 5.53. The first-order valence-electron chi connectivity index (χ1n) is 5.92. The number of rotatable bonds is 3. The number of nitrogens with two attached hydrogens (primary N) is 1. The minimum Gasteiger partial charge on any atom is -0.308 e. The minimum absolute atomic E-state index is 0.678. The van der Waals surface area contributed by atoms with Crippen LogP contribution in [0.5, 0.6) is 0 Å². The van der Waals surface area contributed by atoms with E-state index >= 15 is 0 Å². The summed E-state index contributed by atoms with van der Waals surface area (Å²) in [6, 6.07) is 1.91. The number of hydrogen-bond acceptors (Lipinski definition) is 5. The third kappa shape index (κ3) is 2.17. The molecule has 94 valence electrons. The Morgan fingerprint density at radius 2 is 2.06 bits per heavy atom. The van der Waals surface area contributed by atoms with E-state index in [4.69, 9.17) is 5.84 Å². The van der Waals surface area contributed by atoms with Gasteiger partial charge in [-0.2, -0.15) is 0 Å². The largest absolute Gasteiger partial charge is 0.308 e. The van der Waals surface area contributed by atoms with Gasteiger partial charge < -0.3 is 5.43 Å². The maximum atomic E-state index is 5.53. The van der Waals surface area contributed by atoms with Crippen LogP contribution in [0.15, 0.2) is 18.5 Å². The highest BCUT2D eigenvalue weighted by Crippen LogP contribution is 2.23. The number of hydrazine groups is 1. The number of aromatic nitrogens is 3. The van der Waals surface area contributed by atoms with Crippen LogP contribution in [0, 0.1) is 13.8 Å². The molecular formula is C13H17N5. The number of nitrogen functional groups attached to an aromatic ring is 1. The lowest BCUT2D eigenvalue weighted by atomic mass is 10.1. The van der Waals surface area contributed by atoms with Crippen LogP contribution in [0.25, 0.3) is 11.4 Å². The average Bonchev–Trinajstić information content (AvgIpc) is 2.38. The molecule has 2 rings (SSSR count). The Kier molecular flexibility index (Phi) is 3.53. The molecule has 2 heterocycles. The second kappa shape index (κ2) is 5.10. The van der Waals surface area contributed by atoms with E-state index in [1.54, 1.807) is 12.4 Å². The molecule has 0 atom stereocenters. The fraction of sp³-hybridized carbons (Fsp3) is 0.308. The predicted octanol–water partition coefficient (Wildman–Crippen LogP) is 2.00. The van der Waals surface area contributed by atoms with Crippen molar-refractivity contribution in [2.75, 3.05) is 5.43 Å². The van der Waals surface area contributed by atoms with Crippen LogP contribution in [0.4, 0.5) is 5.82 Å². The summed E-state index contributed by atoms with van der Waals surface area (Å²) < 4.78 is 0. The molecular weight excluding hydrogens is 226 g/mol. The van der Waals surface area contributed by atoms with Crippen LogP contribution in [0.3, 0.4) is 0 Å². The highest BCUT2D eigenvalue weighted by molar-refractivity contribution is 5.62. The zero-order valence-electron chi connectivity index (χ0n) is 10.9. The van der Waals surface area contributed by atoms with Crippen molar-refractivity contribution in [3.05, 3.63) is 35.3 Å². The third-order valence-electron chi connectivity index (χ3n) is 2.97. The van der Waals surface area contributed by atoms with E-state index in [1.807, 2.05) is 19.9 Å². The van der Waals surface area contributed by atoms with Gasteiger partial charge in [0.05, 0.1) is 0 Å². The monoisotopic (exact) mass is 243 g/mol. The Balaban J connectivity index is 2.60. The van der Waals surface area contributed by atoms with E-state index in [-0.39, 0.29) is 0 Å². The van der Waals surface area contributed by atoms with Crippen molar-refractivity contribution in [2.24, 2.45) is 5.84 Å². The standard InChI is InChI=1S/C13H17N5/c1-4-10-9(3)16-12(17-13(10)18-14)11-5-6-15-7-8(11)2/h5-7H,4,14H2,1-3H3,(H,16,17,18). The molecule has 0 saturated carbocycles. The zero-order valence-corrected chi connectivity index (χ0v) is 10.9. The van der Waals surface area contributed by atoms with Crippen molar-refractivity contribution in [3.8, 4) is 11.4 Å². The lowest BCUT2D eigenvalue weighted by Gasteiger charge is -2.12. The van der Waals surface area contributed by atoms with Gasteiger partial charge in [0.2, 0.25) is 0 Å². The lowest BCUT2D eigenvalue weighted by Crippen LogP contribution is -2.13. The van der Waals surface area contributed by atoms with Gasteiger partial charge in [-0.1, -0.05) is 6.92 Å². The molecule has 18 heavy (non-hydrogen) atoms. The summed E-state index contributed by atoms with van der Waals surface area (Å²) in [6.07, 6.45) is 4.39. The molecule has 2 aromatic rings. The van der Waals surface area contributed by atoms with Gasteiger partial charge in [0.15, 0.2) is 5.82 Å². The molecule has 0 unspecified atom stereocenters. The fourth-order valence-corrected chi connectivity index (χ4v) is 1.98. The van der Waals surface area contributed by atoms with Crippen LogP contribution < -0.4 is 11.3 Å². The molecule has 0 aromatic carbocycles. The van der Waals surface area contributed by atoms with Crippen LogP contribution >= 0.6 is 0 Å². The summed E-state index contributed by atoms with van der Waals surface area (Å²) in [5, 5.41) is 0. The van der Waals surface area contributed by atoms with Gasteiger partial charge in [-0.25, -0.2) is 15.8 Å². The van der Waals surface area contributed by atoms with E-state index < -0.39 is 0 Å². The molecule has 0 radical (unpaired) electrons. The molecule has 0 aliphatic carbocycles. The van der Waals surface area contributed by atoms with Crippen LogP contribution in [0.2, 0.25) is 0 Å². The molecule has 3 N–H and O–H groups in total. The van der Waals surface area contributed by atoms with E-state index in [1.165, 1.54) is 0 Å². The number of nitrogens with zero attached hydrogens (tertiary/aromatic N) is 3. The lowest BCUT2D eigenvalue weighted by molar-refractivity contribution is 0.992. The van der Waals surface area contributed by atoms with E-state index in [0.29, 0.717) is 11.6 Å². The summed E-state index contributed by atoms with van der Waals surface area (Å²) >= 11 is 0. The Morgan fingerprint density at radius 1 is 1.28 bits per heavy atom. The molecule has 0 bridgehead atoms. The van der Waals surface area contributed by atoms with Crippen LogP contribution in [-0.4, -0.2) is 15.0 Å². The highest BCUT2D eigenvalue weighted by Gasteiger charge is 2.12. The molecule has 0 aliphatic heterocycles. The summed E-state index contributed by atoms with van der Waals surface area (Å²) in [5.74, 6) is 6.90. The van der Waals surface area contributed by atoms with Gasteiger partial charge in [-0.15, -0.1) is 0 Å². The van der Waals surface area contributed by atoms with Gasteiger partial charge >= 0.3 is 0 Å². The summed E-state index contributed by atoms with van der Waals surface area (Å²) in [5.41, 5.74) is 6.67. The summed E-state index contributed by atoms with van der Waals surface area (Å²) in [6.45, 7) is 6.02. The van der Waals surface area contributed by atoms with Crippen molar-refractivity contribution < 1.29 is 0 Å². The molecule has 2 aromatic heterocycles. The first-order valence-corrected chi connectivity index (χ1v) is 5.92. The first-order chi connectivity index (χ1) is 8.67. The van der Waals surface area contributed by atoms with Crippen molar-refractivity contribution in [1.82, 2.24) is 15.0 Å². The third-order valence-corrected chi connectivity index (χ3v) is 2.97. The topological polar surface area (TPSA) is 76.7 Å². The highest BCUT2D eigenvalue weighted by atomic mass is 15.3. The Morgan fingerprint density at radius 3 is 2.67 bits per heavy atom. The zero-order chi connectivity index (χ0) is 13.1. The van der Waals surface area contributed by atoms with E-state index in [2.05, 4.69) is 27.3 Å². The van der Waals surface area contributed by atoms with Crippen molar-refractivity contribution >= 4 is 5.82 Å². The number of anilines is 1. The van der Waals surface area contributed by atoms with Gasteiger partial charge in [0.1, 0.15) is 5.82 Å². The average molecular weight is 243 g/mol. The molecule has 0 amide bonds. The van der Waals surface area contributed by atoms with Gasteiger partial charge in [-0.05, 0) is 31.9 Å². The van der Waals surface area contributed by atoms with Crippen LogP contribution in [-0.2, 0) is 6.42 Å². The predicted molar refractivity (Wildman–Crippen MR) is 71.9 cm³/mol. The molecule has 0 aliphatic rings. The fourth-order valence-electron chi connectivity index (χ4n) is 1.98. The van der Waals surface area contributed by atoms with Crippen molar-refractivity contribution in [3.63, 3.8) is 0 Å². The summed E-state index contributed by atoms with van der Waals surface area (Å²) in [7, 11) is 0. The van der Waals surface area contributed by atoms with Crippen molar-refractivity contribution in [2.45, 2.75) is 27.2 Å². The Labute approximate surface area is 106 Å². The van der Waals surface area contributed by atoms with E-state index in [9.17, 15) is 0 Å². The van der Waals surface area contributed by atoms with Crippen LogP contribution in [0.1, 0.15) is 23.7 Å². The Bertz CT molecular complexity index is 565. The number of aryl methyl sites for hydroxylation is 2. The molecule has 5 heteroatoms. The van der Waals surface area contributed by atoms with Gasteiger partial charge in [0.25, 0.3) is 0 Å². The minimum atomic E-state index is 0.678. The summed E-state index contributed by atoms with van der Waals surface area (Å²) in [4.78, 5) is 13.1. The van der Waals surface area contributed by atoms with Gasteiger partial charge in [0, 0.05) is 29.2 Å². The van der Waals surface area contributed by atoms with E-state index in [0.717, 1.165) is 28.8 Å². The molecule has 0 spiro atoms. The number of hydrogen-bond donors (Lipinski definition) is 2. The first kappa shape index (κ1) is 12.4. The van der Waals surface area contributed by atoms with Crippen molar-refractivity contribution in [1.29, 1.82) is 0 Å². The maximum Gasteiger partial charge on any atom is 0.162 e. The normalized spacial score (nSPS) is 10.4. The number of nitrogens with one attached hydrogen (secondary N) is 1. The smallest absolute Gasteiger partial charge is 0.162 e. The Hall–Kier alpha value is -2.01. The second-order valence-corrected chi connectivity index (χ2v) is 4.15. The quantitative estimate of drug-likeness (QED) is 0.637. The van der Waals surface area contributed by atoms with Gasteiger partial charge in [-0.3, -0.25) is 4.98 Å². The SMILES string of the molecule is CCc1c(C)nc(-c2ccncc2C)nc1NN. The molecule has 5 nitrogen and oxygen atoms in total. The second-order valence-electron chi connectivity index (χ2n) is 4.15. The molecule has 0 fully saturated rings.